The van der Waals surface area contributed by atoms with E-state index in [4.69, 9.17) is 0 Å². The van der Waals surface area contributed by atoms with Crippen LogP contribution < -0.4 is 0 Å². The van der Waals surface area contributed by atoms with E-state index in [1.54, 1.807) is 0 Å². The maximum Gasteiger partial charge on any atom is -0.00256 e. The largest absolute Gasteiger partial charge is 0.0625 e. The van der Waals surface area contributed by atoms with Crippen molar-refractivity contribution in [1.82, 2.24) is 0 Å². The number of rotatable bonds is 6. The van der Waals surface area contributed by atoms with Crippen molar-refractivity contribution in [3.8, 4) is 0 Å². The second-order valence-electron chi connectivity index (χ2n) is 7.01. The molecule has 2 aromatic carbocycles. The third-order valence-electron chi connectivity index (χ3n) is 3.68. The summed E-state index contributed by atoms with van der Waals surface area (Å²) in [6.45, 7) is 9.12. The van der Waals surface area contributed by atoms with E-state index in [1.165, 1.54) is 35.1 Å². The zero-order valence-corrected chi connectivity index (χ0v) is 13.9. The van der Waals surface area contributed by atoms with Crippen LogP contribution in [0.5, 0.6) is 0 Å². The molecule has 2 aromatic rings. The fraction of sp³-hybridized carbons (Fsp3) is 0.429. The third kappa shape index (κ3) is 5.38. The van der Waals surface area contributed by atoms with Gasteiger partial charge in [-0.05, 0) is 53.4 Å². The topological polar surface area (TPSA) is 0 Å². The molecule has 0 fully saturated rings. The van der Waals surface area contributed by atoms with Crippen molar-refractivity contribution in [2.45, 2.75) is 47.0 Å². The first-order chi connectivity index (χ1) is 10.0. The number of hydrogen-bond acceptors (Lipinski definition) is 0. The molecule has 0 aromatic heterocycles. The smallest absolute Gasteiger partial charge is 0.00256 e. The molecule has 0 heterocycles. The van der Waals surface area contributed by atoms with Crippen LogP contribution in [0, 0.1) is 11.8 Å². The van der Waals surface area contributed by atoms with Crippen LogP contribution in [-0.4, -0.2) is 0 Å². The van der Waals surface area contributed by atoms with Crippen LogP contribution in [0.2, 0.25) is 0 Å². The highest BCUT2D eigenvalue weighted by molar-refractivity contribution is 5.32. The number of benzene rings is 2. The predicted octanol–water partition coefficient (Wildman–Crippen LogP) is 5.67. The summed E-state index contributed by atoms with van der Waals surface area (Å²) in [5, 5.41) is 0. The van der Waals surface area contributed by atoms with Crippen molar-refractivity contribution in [2.75, 3.05) is 0 Å². The molecule has 0 N–H and O–H groups in total. The van der Waals surface area contributed by atoms with Crippen LogP contribution >= 0.6 is 0 Å². The van der Waals surface area contributed by atoms with Gasteiger partial charge in [0.25, 0.3) is 0 Å². The molecule has 0 radical (unpaired) electrons. The van der Waals surface area contributed by atoms with Gasteiger partial charge in [-0.25, -0.2) is 0 Å². The monoisotopic (exact) mass is 280 g/mol. The van der Waals surface area contributed by atoms with Gasteiger partial charge < -0.3 is 0 Å². The second kappa shape index (κ2) is 7.45. The van der Waals surface area contributed by atoms with E-state index < -0.39 is 0 Å². The Morgan fingerprint density at radius 1 is 0.619 bits per heavy atom. The van der Waals surface area contributed by atoms with Gasteiger partial charge in [-0.1, -0.05) is 76.2 Å². The lowest BCUT2D eigenvalue weighted by atomic mass is 9.96. The molecule has 0 amide bonds. The molecule has 0 aliphatic rings. The summed E-state index contributed by atoms with van der Waals surface area (Å²) in [5.74, 6) is 1.43. The van der Waals surface area contributed by atoms with Crippen molar-refractivity contribution in [3.05, 3.63) is 70.8 Å². The fourth-order valence-corrected chi connectivity index (χ4v) is 2.91. The first kappa shape index (κ1) is 15.8. The van der Waals surface area contributed by atoms with Gasteiger partial charge in [0, 0.05) is 0 Å². The Hall–Kier alpha value is -1.56. The second-order valence-corrected chi connectivity index (χ2v) is 7.01. The molecule has 0 saturated carbocycles. The van der Waals surface area contributed by atoms with Crippen molar-refractivity contribution >= 4 is 0 Å². The van der Waals surface area contributed by atoms with E-state index in [1.807, 2.05) is 0 Å². The van der Waals surface area contributed by atoms with Crippen molar-refractivity contribution in [3.63, 3.8) is 0 Å². The highest BCUT2D eigenvalue weighted by Crippen LogP contribution is 2.16. The lowest BCUT2D eigenvalue weighted by molar-refractivity contribution is 0.646. The molecule has 2 rings (SSSR count). The average molecular weight is 280 g/mol. The predicted molar refractivity (Wildman–Crippen MR) is 92.8 cm³/mol. The molecular formula is C21H28. The quantitative estimate of drug-likeness (QED) is 0.639. The minimum absolute atomic E-state index is 0.717. The molecule has 21 heavy (non-hydrogen) atoms. The molecule has 0 bridgehead atoms. The van der Waals surface area contributed by atoms with E-state index in [2.05, 4.69) is 76.2 Å². The standard InChI is InChI=1S/C21H28/c1-16(2)11-18-7-5-9-20(13-18)15-21-10-6-8-19(14-21)12-17(3)4/h5-10,13-14,16-17H,11-12,15H2,1-4H3. The zero-order chi connectivity index (χ0) is 15.2. The minimum atomic E-state index is 0.717. The number of hydrogen-bond donors (Lipinski definition) is 0. The van der Waals surface area contributed by atoms with Crippen molar-refractivity contribution in [2.24, 2.45) is 11.8 Å². The van der Waals surface area contributed by atoms with E-state index in [0.29, 0.717) is 0 Å². The molecule has 0 spiro atoms. The van der Waals surface area contributed by atoms with E-state index >= 15 is 0 Å². The molecule has 0 aliphatic heterocycles. The van der Waals surface area contributed by atoms with Crippen molar-refractivity contribution in [1.29, 1.82) is 0 Å². The maximum atomic E-state index is 2.37. The summed E-state index contributed by atoms with van der Waals surface area (Å²) in [5.41, 5.74) is 5.77. The Morgan fingerprint density at radius 3 is 1.38 bits per heavy atom. The Balaban J connectivity index is 2.10. The van der Waals surface area contributed by atoms with Gasteiger partial charge >= 0.3 is 0 Å². The van der Waals surface area contributed by atoms with Gasteiger partial charge in [-0.2, -0.15) is 0 Å². The Morgan fingerprint density at radius 2 is 1.00 bits per heavy atom. The van der Waals surface area contributed by atoms with Gasteiger partial charge in [0.2, 0.25) is 0 Å². The Bertz CT molecular complexity index is 512. The van der Waals surface area contributed by atoms with Gasteiger partial charge in [-0.15, -0.1) is 0 Å². The van der Waals surface area contributed by atoms with Gasteiger partial charge in [0.15, 0.2) is 0 Å². The normalized spacial score (nSPS) is 11.3. The van der Waals surface area contributed by atoms with E-state index in [-0.39, 0.29) is 0 Å². The minimum Gasteiger partial charge on any atom is -0.0625 e. The summed E-state index contributed by atoms with van der Waals surface area (Å²) < 4.78 is 0. The van der Waals surface area contributed by atoms with Gasteiger partial charge in [-0.3, -0.25) is 0 Å². The Kier molecular flexibility index (Phi) is 5.61. The van der Waals surface area contributed by atoms with Gasteiger partial charge in [0.05, 0.1) is 0 Å². The summed E-state index contributed by atoms with van der Waals surface area (Å²) in [6, 6.07) is 18.1. The average Bonchev–Trinajstić information content (AvgIpc) is 2.37. The van der Waals surface area contributed by atoms with Crippen LogP contribution in [0.25, 0.3) is 0 Å². The first-order valence-corrected chi connectivity index (χ1v) is 8.18. The SMILES string of the molecule is CC(C)Cc1cccc(Cc2cccc(CC(C)C)c2)c1. The molecule has 0 unspecified atom stereocenters. The summed E-state index contributed by atoms with van der Waals surface area (Å²) in [4.78, 5) is 0. The van der Waals surface area contributed by atoms with Crippen molar-refractivity contribution < 1.29 is 0 Å². The van der Waals surface area contributed by atoms with Crippen LogP contribution in [0.4, 0.5) is 0 Å². The molecule has 0 atom stereocenters. The van der Waals surface area contributed by atoms with Crippen LogP contribution in [0.15, 0.2) is 48.5 Å². The lowest BCUT2D eigenvalue weighted by Gasteiger charge is -2.10. The highest BCUT2D eigenvalue weighted by Gasteiger charge is 2.03. The summed E-state index contributed by atoms with van der Waals surface area (Å²) in [6.07, 6.45) is 3.38. The summed E-state index contributed by atoms with van der Waals surface area (Å²) in [7, 11) is 0. The zero-order valence-electron chi connectivity index (χ0n) is 13.9. The van der Waals surface area contributed by atoms with Crippen LogP contribution in [-0.2, 0) is 19.3 Å². The maximum absolute atomic E-state index is 2.37. The molecule has 0 saturated heterocycles. The molecule has 112 valence electrons. The lowest BCUT2D eigenvalue weighted by Crippen LogP contribution is -1.97. The fourth-order valence-electron chi connectivity index (χ4n) is 2.91. The first-order valence-electron chi connectivity index (χ1n) is 8.18. The van der Waals surface area contributed by atoms with Gasteiger partial charge in [0.1, 0.15) is 0 Å². The molecule has 0 aliphatic carbocycles. The van der Waals surface area contributed by atoms with Crippen LogP contribution in [0.1, 0.15) is 49.9 Å². The summed E-state index contributed by atoms with van der Waals surface area (Å²) >= 11 is 0. The molecular weight excluding hydrogens is 252 g/mol. The highest BCUT2D eigenvalue weighted by atomic mass is 14.1. The Labute approximate surface area is 130 Å². The van der Waals surface area contributed by atoms with E-state index in [0.717, 1.165) is 18.3 Å². The van der Waals surface area contributed by atoms with E-state index in [9.17, 15) is 0 Å². The third-order valence-corrected chi connectivity index (χ3v) is 3.68. The molecule has 0 nitrogen and oxygen atoms in total. The molecule has 0 heteroatoms. The van der Waals surface area contributed by atoms with Crippen LogP contribution in [0.3, 0.4) is 0 Å².